The van der Waals surface area contributed by atoms with E-state index in [1.54, 1.807) is 0 Å². The number of nitrogens with one attached hydrogen (secondary N) is 1. The number of nitrogens with zero attached hydrogens (tertiary/aromatic N) is 3. The Morgan fingerprint density at radius 1 is 1.30 bits per heavy atom. The van der Waals surface area contributed by atoms with Crippen LogP contribution in [0.5, 0.6) is 5.88 Å². The van der Waals surface area contributed by atoms with Crippen molar-refractivity contribution in [3.63, 3.8) is 0 Å². The normalized spacial score (nSPS) is 18.0. The highest BCUT2D eigenvalue weighted by Crippen LogP contribution is 2.23. The number of aromatic nitrogens is 3. The van der Waals surface area contributed by atoms with Crippen LogP contribution in [0.2, 0.25) is 0 Å². The monoisotopic (exact) mass is 368 g/mol. The second-order valence-corrected chi connectivity index (χ2v) is 8.02. The molecule has 0 bridgehead atoms. The van der Waals surface area contributed by atoms with E-state index in [4.69, 9.17) is 4.74 Å². The molecule has 0 unspecified atom stereocenters. The lowest BCUT2D eigenvalue weighted by Gasteiger charge is -2.28. The predicted octanol–water partition coefficient (Wildman–Crippen LogP) is 3.17. The van der Waals surface area contributed by atoms with Crippen LogP contribution in [0.3, 0.4) is 0 Å². The molecule has 0 spiro atoms. The number of rotatable bonds is 5. The molecule has 0 atom stereocenters. The van der Waals surface area contributed by atoms with Gasteiger partial charge in [0.25, 0.3) is 5.56 Å². The summed E-state index contributed by atoms with van der Waals surface area (Å²) in [5, 5.41) is 0. The molecule has 0 radical (unpaired) electrons. The first-order valence-corrected chi connectivity index (χ1v) is 10.0. The van der Waals surface area contributed by atoms with Gasteiger partial charge in [-0.05, 0) is 31.2 Å². The molecule has 1 aliphatic carbocycles. The van der Waals surface area contributed by atoms with E-state index in [2.05, 4.69) is 25.9 Å². The van der Waals surface area contributed by atoms with Crippen molar-refractivity contribution in [3.05, 3.63) is 51.3 Å². The highest BCUT2D eigenvalue weighted by atomic mass is 16.5. The topological polar surface area (TPSA) is 71.1 Å². The molecular formula is C21H28N4O2. The standard InChI is InChI=1S/C21H28N4O2/c1-14(2)20-23-18-9-10-25(13-17(18)21(26)24-20)12-15-7-8-19(22-11-15)27-16-5-3-4-6-16/h7-8,11,14,16H,3-6,9-10,12-13H2,1-2H3,(H,23,24,26). The Bertz CT molecular complexity index is 838. The van der Waals surface area contributed by atoms with E-state index in [-0.39, 0.29) is 11.5 Å². The van der Waals surface area contributed by atoms with Crippen LogP contribution >= 0.6 is 0 Å². The molecule has 27 heavy (non-hydrogen) atoms. The zero-order chi connectivity index (χ0) is 18.8. The fourth-order valence-corrected chi connectivity index (χ4v) is 3.92. The van der Waals surface area contributed by atoms with Crippen LogP contribution in [-0.2, 0) is 19.5 Å². The molecule has 144 valence electrons. The third-order valence-electron chi connectivity index (χ3n) is 5.51. The molecule has 6 heteroatoms. The Kier molecular flexibility index (Phi) is 5.25. The maximum absolute atomic E-state index is 12.4. The van der Waals surface area contributed by atoms with E-state index in [1.807, 2.05) is 26.1 Å². The van der Waals surface area contributed by atoms with Crippen LogP contribution in [0.25, 0.3) is 0 Å². The summed E-state index contributed by atoms with van der Waals surface area (Å²) in [5.74, 6) is 1.74. The van der Waals surface area contributed by atoms with Gasteiger partial charge in [0.2, 0.25) is 5.88 Å². The van der Waals surface area contributed by atoms with Gasteiger partial charge in [0, 0.05) is 44.2 Å². The van der Waals surface area contributed by atoms with Crippen molar-refractivity contribution in [1.29, 1.82) is 0 Å². The van der Waals surface area contributed by atoms with Crippen molar-refractivity contribution in [2.24, 2.45) is 0 Å². The van der Waals surface area contributed by atoms with Gasteiger partial charge in [0.1, 0.15) is 11.9 Å². The lowest BCUT2D eigenvalue weighted by Crippen LogP contribution is -2.36. The molecule has 1 saturated carbocycles. The van der Waals surface area contributed by atoms with Crippen LogP contribution in [0.15, 0.2) is 23.1 Å². The molecule has 2 aromatic heterocycles. The summed E-state index contributed by atoms with van der Waals surface area (Å²) >= 11 is 0. The smallest absolute Gasteiger partial charge is 0.255 e. The number of ether oxygens (including phenoxy) is 1. The zero-order valence-electron chi connectivity index (χ0n) is 16.2. The van der Waals surface area contributed by atoms with Crippen LogP contribution < -0.4 is 10.3 Å². The third-order valence-corrected chi connectivity index (χ3v) is 5.51. The van der Waals surface area contributed by atoms with E-state index < -0.39 is 0 Å². The van der Waals surface area contributed by atoms with Gasteiger partial charge in [0.05, 0.1) is 11.3 Å². The summed E-state index contributed by atoms with van der Waals surface area (Å²) < 4.78 is 5.93. The van der Waals surface area contributed by atoms with Gasteiger partial charge in [-0.3, -0.25) is 9.69 Å². The molecule has 1 N–H and O–H groups in total. The zero-order valence-corrected chi connectivity index (χ0v) is 16.2. The van der Waals surface area contributed by atoms with Crippen molar-refractivity contribution in [2.75, 3.05) is 6.54 Å². The molecule has 3 heterocycles. The molecule has 4 rings (SSSR count). The average molecular weight is 368 g/mol. The largest absolute Gasteiger partial charge is 0.474 e. The summed E-state index contributed by atoms with van der Waals surface area (Å²) in [5.41, 5.74) is 2.91. The number of fused-ring (bicyclic) bond motifs is 1. The van der Waals surface area contributed by atoms with Crippen molar-refractivity contribution in [3.8, 4) is 5.88 Å². The molecule has 0 amide bonds. The summed E-state index contributed by atoms with van der Waals surface area (Å²) in [6, 6.07) is 4.05. The Hall–Kier alpha value is -2.21. The Morgan fingerprint density at radius 2 is 2.11 bits per heavy atom. The minimum absolute atomic E-state index is 0.00633. The minimum atomic E-state index is 0.00633. The Morgan fingerprint density at radius 3 is 2.81 bits per heavy atom. The first kappa shape index (κ1) is 18.2. The maximum Gasteiger partial charge on any atom is 0.255 e. The first-order chi connectivity index (χ1) is 13.1. The molecular weight excluding hydrogens is 340 g/mol. The second kappa shape index (κ2) is 7.80. The molecule has 0 saturated heterocycles. The lowest BCUT2D eigenvalue weighted by atomic mass is 10.1. The lowest BCUT2D eigenvalue weighted by molar-refractivity contribution is 0.201. The third kappa shape index (κ3) is 4.21. The fourth-order valence-electron chi connectivity index (χ4n) is 3.92. The minimum Gasteiger partial charge on any atom is -0.474 e. The fraction of sp³-hybridized carbons (Fsp3) is 0.571. The molecule has 2 aliphatic rings. The van der Waals surface area contributed by atoms with Crippen molar-refractivity contribution in [2.45, 2.75) is 71.1 Å². The van der Waals surface area contributed by atoms with E-state index in [9.17, 15) is 4.79 Å². The van der Waals surface area contributed by atoms with Crippen molar-refractivity contribution < 1.29 is 4.74 Å². The van der Waals surface area contributed by atoms with Gasteiger partial charge in [0.15, 0.2) is 0 Å². The highest BCUT2D eigenvalue weighted by Gasteiger charge is 2.22. The Labute approximate surface area is 160 Å². The summed E-state index contributed by atoms with van der Waals surface area (Å²) in [6.07, 6.45) is 7.82. The van der Waals surface area contributed by atoms with Crippen molar-refractivity contribution >= 4 is 0 Å². The average Bonchev–Trinajstić information content (AvgIpc) is 3.16. The summed E-state index contributed by atoms with van der Waals surface area (Å²) in [4.78, 5) is 26.8. The molecule has 0 aromatic carbocycles. The van der Waals surface area contributed by atoms with Crippen molar-refractivity contribution in [1.82, 2.24) is 19.9 Å². The summed E-state index contributed by atoms with van der Waals surface area (Å²) in [7, 11) is 0. The number of H-pyrrole nitrogens is 1. The SMILES string of the molecule is CC(C)c1nc2c(c(=O)[nH]1)CN(Cc1ccc(OC3CCCC3)nc1)CC2. The number of hydrogen-bond donors (Lipinski definition) is 1. The van der Waals surface area contributed by atoms with Crippen LogP contribution in [-0.4, -0.2) is 32.5 Å². The van der Waals surface area contributed by atoms with E-state index in [0.29, 0.717) is 12.6 Å². The van der Waals surface area contributed by atoms with Gasteiger partial charge < -0.3 is 9.72 Å². The van der Waals surface area contributed by atoms with Gasteiger partial charge in [-0.1, -0.05) is 19.9 Å². The highest BCUT2D eigenvalue weighted by molar-refractivity contribution is 5.23. The Balaban J connectivity index is 1.40. The van der Waals surface area contributed by atoms with Gasteiger partial charge >= 0.3 is 0 Å². The van der Waals surface area contributed by atoms with Crippen LogP contribution in [0, 0.1) is 0 Å². The van der Waals surface area contributed by atoms with Gasteiger partial charge in [-0.2, -0.15) is 0 Å². The molecule has 2 aromatic rings. The number of hydrogen-bond acceptors (Lipinski definition) is 5. The molecule has 6 nitrogen and oxygen atoms in total. The summed E-state index contributed by atoms with van der Waals surface area (Å²) in [6.45, 7) is 6.42. The second-order valence-electron chi connectivity index (χ2n) is 8.02. The first-order valence-electron chi connectivity index (χ1n) is 10.0. The predicted molar refractivity (Wildman–Crippen MR) is 104 cm³/mol. The van der Waals surface area contributed by atoms with Crippen LogP contribution in [0.1, 0.15) is 68.1 Å². The number of pyridine rings is 1. The van der Waals surface area contributed by atoms with Gasteiger partial charge in [-0.25, -0.2) is 9.97 Å². The quantitative estimate of drug-likeness (QED) is 0.878. The number of aromatic amines is 1. The van der Waals surface area contributed by atoms with Gasteiger partial charge in [-0.15, -0.1) is 0 Å². The van der Waals surface area contributed by atoms with E-state index >= 15 is 0 Å². The van der Waals surface area contributed by atoms with Crippen LogP contribution in [0.4, 0.5) is 0 Å². The maximum atomic E-state index is 12.4. The van der Waals surface area contributed by atoms with E-state index in [0.717, 1.165) is 60.9 Å². The molecule has 1 fully saturated rings. The molecule has 1 aliphatic heterocycles. The van der Waals surface area contributed by atoms with E-state index in [1.165, 1.54) is 12.8 Å².